The SMILES string of the molecule is C=CN=C(Cl)N(C)CNC=C. The number of hydrogen-bond donors (Lipinski definition) is 1. The van der Waals surface area contributed by atoms with Crippen LogP contribution in [-0.4, -0.2) is 23.9 Å². The van der Waals surface area contributed by atoms with Crippen LogP contribution in [0.1, 0.15) is 0 Å². The number of amidine groups is 1. The Morgan fingerprint density at radius 3 is 2.82 bits per heavy atom. The molecule has 0 bridgehead atoms. The molecule has 0 saturated carbocycles. The molecule has 4 heteroatoms. The van der Waals surface area contributed by atoms with Gasteiger partial charge in [-0.2, -0.15) is 0 Å². The molecule has 62 valence electrons. The maximum Gasteiger partial charge on any atom is 0.199 e. The lowest BCUT2D eigenvalue weighted by molar-refractivity contribution is 0.489. The molecule has 0 spiro atoms. The van der Waals surface area contributed by atoms with Crippen molar-refractivity contribution in [2.24, 2.45) is 4.99 Å². The Kier molecular flexibility index (Phi) is 5.29. The lowest BCUT2D eigenvalue weighted by Crippen LogP contribution is -2.30. The first-order valence-corrected chi connectivity index (χ1v) is 3.49. The topological polar surface area (TPSA) is 27.6 Å². The predicted octanol–water partition coefficient (Wildman–Crippen LogP) is 1.35. The van der Waals surface area contributed by atoms with Crippen LogP contribution >= 0.6 is 11.6 Å². The Bertz CT molecular complexity index is 165. The minimum atomic E-state index is 0.398. The lowest BCUT2D eigenvalue weighted by atomic mass is 10.8. The zero-order valence-corrected chi connectivity index (χ0v) is 7.30. The van der Waals surface area contributed by atoms with E-state index in [0.717, 1.165) is 0 Å². The van der Waals surface area contributed by atoms with Crippen molar-refractivity contribution in [2.45, 2.75) is 0 Å². The Hall–Kier alpha value is -0.960. The molecule has 0 aliphatic rings. The van der Waals surface area contributed by atoms with Crippen LogP contribution in [0.5, 0.6) is 0 Å². The molecule has 0 aromatic heterocycles. The first-order chi connectivity index (χ1) is 5.22. The van der Waals surface area contributed by atoms with Gasteiger partial charge in [0.2, 0.25) is 0 Å². The van der Waals surface area contributed by atoms with Crippen molar-refractivity contribution in [1.29, 1.82) is 0 Å². The highest BCUT2D eigenvalue weighted by Crippen LogP contribution is 1.91. The zero-order chi connectivity index (χ0) is 8.69. The zero-order valence-electron chi connectivity index (χ0n) is 6.55. The van der Waals surface area contributed by atoms with Gasteiger partial charge < -0.3 is 10.2 Å². The van der Waals surface area contributed by atoms with E-state index in [9.17, 15) is 0 Å². The van der Waals surface area contributed by atoms with Gasteiger partial charge in [0.15, 0.2) is 5.29 Å². The van der Waals surface area contributed by atoms with Crippen LogP contribution in [0, 0.1) is 0 Å². The number of nitrogens with zero attached hydrogens (tertiary/aromatic N) is 2. The van der Waals surface area contributed by atoms with Crippen LogP contribution in [0.25, 0.3) is 0 Å². The maximum absolute atomic E-state index is 5.70. The van der Waals surface area contributed by atoms with Crippen molar-refractivity contribution < 1.29 is 0 Å². The standard InChI is InChI=1S/C7H12ClN3/c1-4-9-6-11(3)7(8)10-5-2/h4-5,9H,1-2,6H2,3H3. The van der Waals surface area contributed by atoms with E-state index in [1.54, 1.807) is 11.1 Å². The normalized spacial score (nSPS) is 10.5. The third-order valence-electron chi connectivity index (χ3n) is 0.986. The molecular weight excluding hydrogens is 162 g/mol. The Labute approximate surface area is 72.1 Å². The quantitative estimate of drug-likeness (QED) is 0.301. The molecule has 0 rings (SSSR count). The summed E-state index contributed by atoms with van der Waals surface area (Å²) in [6.45, 7) is 7.50. The maximum atomic E-state index is 5.70. The fourth-order valence-electron chi connectivity index (χ4n) is 0.441. The molecule has 0 amide bonds. The van der Waals surface area contributed by atoms with E-state index in [1.165, 1.54) is 6.20 Å². The molecule has 0 saturated heterocycles. The van der Waals surface area contributed by atoms with Crippen molar-refractivity contribution in [3.63, 3.8) is 0 Å². The largest absolute Gasteiger partial charge is 0.374 e. The van der Waals surface area contributed by atoms with Gasteiger partial charge in [-0.25, -0.2) is 4.99 Å². The summed E-state index contributed by atoms with van der Waals surface area (Å²) in [6, 6.07) is 0. The van der Waals surface area contributed by atoms with Crippen molar-refractivity contribution >= 4 is 16.9 Å². The van der Waals surface area contributed by atoms with Crippen molar-refractivity contribution in [2.75, 3.05) is 13.7 Å². The summed E-state index contributed by atoms with van der Waals surface area (Å²) < 4.78 is 0. The fourth-order valence-corrected chi connectivity index (χ4v) is 0.569. The summed E-state index contributed by atoms with van der Waals surface area (Å²) in [7, 11) is 1.81. The molecule has 3 nitrogen and oxygen atoms in total. The molecule has 0 atom stereocenters. The summed E-state index contributed by atoms with van der Waals surface area (Å²) >= 11 is 5.70. The van der Waals surface area contributed by atoms with Gasteiger partial charge in [0.25, 0.3) is 0 Å². The van der Waals surface area contributed by atoms with E-state index >= 15 is 0 Å². The molecule has 0 aromatic carbocycles. The van der Waals surface area contributed by atoms with Gasteiger partial charge in [0.1, 0.15) is 0 Å². The molecular formula is C7H12ClN3. The smallest absolute Gasteiger partial charge is 0.199 e. The molecule has 1 N–H and O–H groups in total. The third kappa shape index (κ3) is 4.44. The van der Waals surface area contributed by atoms with Gasteiger partial charge in [-0.05, 0) is 17.8 Å². The number of rotatable bonds is 4. The first kappa shape index (κ1) is 10.0. The van der Waals surface area contributed by atoms with Crippen molar-refractivity contribution in [3.8, 4) is 0 Å². The van der Waals surface area contributed by atoms with Crippen molar-refractivity contribution in [3.05, 3.63) is 25.6 Å². The minimum Gasteiger partial charge on any atom is -0.374 e. The average molecular weight is 174 g/mol. The summed E-state index contributed by atoms with van der Waals surface area (Å²) in [5, 5.41) is 3.28. The second-order valence-electron chi connectivity index (χ2n) is 1.85. The fraction of sp³-hybridized carbons (Fsp3) is 0.286. The van der Waals surface area contributed by atoms with E-state index in [0.29, 0.717) is 12.0 Å². The molecule has 0 aliphatic carbocycles. The summed E-state index contributed by atoms with van der Waals surface area (Å²) in [5.74, 6) is 0. The monoisotopic (exact) mass is 173 g/mol. The highest BCUT2D eigenvalue weighted by atomic mass is 35.5. The Morgan fingerprint density at radius 1 is 1.73 bits per heavy atom. The number of hydrogen-bond acceptors (Lipinski definition) is 2. The summed E-state index contributed by atoms with van der Waals surface area (Å²) in [6.07, 6.45) is 2.99. The number of halogens is 1. The van der Waals surface area contributed by atoms with Gasteiger partial charge in [-0.1, -0.05) is 13.2 Å². The molecule has 0 aromatic rings. The molecule has 0 aliphatic heterocycles. The van der Waals surface area contributed by atoms with Gasteiger partial charge in [0.05, 0.1) is 6.67 Å². The van der Waals surface area contributed by atoms with Crippen LogP contribution in [-0.2, 0) is 0 Å². The first-order valence-electron chi connectivity index (χ1n) is 3.12. The average Bonchev–Trinajstić information content (AvgIpc) is 2.00. The van der Waals surface area contributed by atoms with E-state index < -0.39 is 0 Å². The van der Waals surface area contributed by atoms with Crippen LogP contribution < -0.4 is 5.32 Å². The second kappa shape index (κ2) is 5.80. The van der Waals surface area contributed by atoms with E-state index in [1.807, 2.05) is 7.05 Å². The highest BCUT2D eigenvalue weighted by molar-refractivity contribution is 6.64. The van der Waals surface area contributed by atoms with E-state index in [2.05, 4.69) is 23.5 Å². The third-order valence-corrected chi connectivity index (χ3v) is 1.37. The van der Waals surface area contributed by atoms with Crippen LogP contribution in [0.2, 0.25) is 0 Å². The van der Waals surface area contributed by atoms with Gasteiger partial charge >= 0.3 is 0 Å². The van der Waals surface area contributed by atoms with Gasteiger partial charge in [-0.15, -0.1) is 0 Å². The van der Waals surface area contributed by atoms with Gasteiger partial charge in [-0.3, -0.25) is 0 Å². The van der Waals surface area contributed by atoms with Crippen LogP contribution in [0.3, 0.4) is 0 Å². The van der Waals surface area contributed by atoms with Crippen molar-refractivity contribution in [1.82, 2.24) is 10.2 Å². The lowest BCUT2D eigenvalue weighted by Gasteiger charge is -2.15. The molecule has 0 radical (unpaired) electrons. The second-order valence-corrected chi connectivity index (χ2v) is 2.18. The Morgan fingerprint density at radius 2 is 2.36 bits per heavy atom. The van der Waals surface area contributed by atoms with E-state index in [-0.39, 0.29) is 0 Å². The predicted molar refractivity (Wildman–Crippen MR) is 49.4 cm³/mol. The molecule has 11 heavy (non-hydrogen) atoms. The Balaban J connectivity index is 3.80. The summed E-state index contributed by atoms with van der Waals surface area (Å²) in [4.78, 5) is 5.50. The number of aliphatic imine (C=N–C) groups is 1. The molecule has 0 heterocycles. The van der Waals surface area contributed by atoms with Crippen LogP contribution in [0.15, 0.2) is 30.6 Å². The summed E-state index contributed by atoms with van der Waals surface area (Å²) in [5.41, 5.74) is 0. The minimum absolute atomic E-state index is 0.398. The highest BCUT2D eigenvalue weighted by Gasteiger charge is 1.98. The number of nitrogens with one attached hydrogen (secondary N) is 1. The molecule has 0 unspecified atom stereocenters. The molecule has 0 fully saturated rings. The van der Waals surface area contributed by atoms with Gasteiger partial charge in [0, 0.05) is 13.2 Å². The van der Waals surface area contributed by atoms with E-state index in [4.69, 9.17) is 11.6 Å². The van der Waals surface area contributed by atoms with Crippen LogP contribution in [0.4, 0.5) is 0 Å².